The maximum Gasteiger partial charge on any atom is 0.433 e. The quantitative estimate of drug-likeness (QED) is 0.564. The SMILES string of the molecule is FC(F)Cn1ncc2ncc(N3C[C@H]4CCN(c5ccnc(C(F)(F)F)c5)C[C@H]4C3)nc21. The number of fused-ring (bicyclic) bond motifs is 2. The topological polar surface area (TPSA) is 63.0 Å². The minimum absolute atomic E-state index is 0.245. The van der Waals surface area contributed by atoms with Crippen molar-refractivity contribution in [3.8, 4) is 0 Å². The highest BCUT2D eigenvalue weighted by molar-refractivity contribution is 5.71. The lowest BCUT2D eigenvalue weighted by Gasteiger charge is -2.35. The molecular formula is C20H20F5N7. The number of hydrogen-bond donors (Lipinski definition) is 0. The van der Waals surface area contributed by atoms with E-state index in [1.165, 1.54) is 12.4 Å². The third-order valence-electron chi connectivity index (χ3n) is 6.17. The van der Waals surface area contributed by atoms with E-state index in [4.69, 9.17) is 0 Å². The molecule has 0 aromatic carbocycles. The molecule has 2 aliphatic rings. The average molecular weight is 453 g/mol. The van der Waals surface area contributed by atoms with Gasteiger partial charge in [0.2, 0.25) is 0 Å². The molecule has 3 aromatic heterocycles. The van der Waals surface area contributed by atoms with Crippen LogP contribution in [0.25, 0.3) is 11.2 Å². The zero-order chi connectivity index (χ0) is 22.5. The van der Waals surface area contributed by atoms with Crippen LogP contribution in [0.4, 0.5) is 33.5 Å². The summed E-state index contributed by atoms with van der Waals surface area (Å²) in [5, 5.41) is 3.94. The molecule has 12 heteroatoms. The molecule has 0 unspecified atom stereocenters. The Kier molecular flexibility index (Phi) is 5.09. The third-order valence-corrected chi connectivity index (χ3v) is 6.17. The van der Waals surface area contributed by atoms with Crippen LogP contribution in [0.15, 0.2) is 30.7 Å². The van der Waals surface area contributed by atoms with Crippen molar-refractivity contribution < 1.29 is 22.0 Å². The van der Waals surface area contributed by atoms with Gasteiger partial charge < -0.3 is 9.80 Å². The second-order valence-corrected chi connectivity index (χ2v) is 8.21. The predicted octanol–water partition coefficient (Wildman–Crippen LogP) is 3.47. The minimum atomic E-state index is -4.48. The van der Waals surface area contributed by atoms with Gasteiger partial charge in [0.25, 0.3) is 6.43 Å². The normalized spacial score (nSPS) is 21.6. The number of piperidine rings is 1. The maximum atomic E-state index is 13.0. The van der Waals surface area contributed by atoms with Crippen LogP contribution < -0.4 is 9.80 Å². The Balaban J connectivity index is 1.32. The zero-order valence-electron chi connectivity index (χ0n) is 16.9. The predicted molar refractivity (Wildman–Crippen MR) is 107 cm³/mol. The molecule has 0 amide bonds. The molecule has 5 rings (SSSR count). The Hall–Kier alpha value is -3.05. The standard InChI is InChI=1S/C20H20F5N7/c21-17(22)11-32-19-15(6-28-32)27-7-18(29-19)31-8-12-2-4-30(9-13(12)10-31)14-1-3-26-16(5-14)20(23,24)25/h1,3,5-7,12-13,17H,2,4,8-11H2/t12-,13+/m1/s1. The first-order chi connectivity index (χ1) is 15.3. The summed E-state index contributed by atoms with van der Waals surface area (Å²) in [6.45, 7) is 2.14. The Labute approximate surface area is 179 Å². The molecule has 32 heavy (non-hydrogen) atoms. The smallest absolute Gasteiger partial charge is 0.371 e. The highest BCUT2D eigenvalue weighted by Crippen LogP contribution is 2.36. The molecule has 170 valence electrons. The fourth-order valence-corrected chi connectivity index (χ4v) is 4.62. The summed E-state index contributed by atoms with van der Waals surface area (Å²) in [6, 6.07) is 2.70. The monoisotopic (exact) mass is 453 g/mol. The Morgan fingerprint density at radius 3 is 2.59 bits per heavy atom. The first kappa shape index (κ1) is 20.8. The number of nitrogens with zero attached hydrogens (tertiary/aromatic N) is 7. The molecule has 0 spiro atoms. The van der Waals surface area contributed by atoms with Crippen molar-refractivity contribution in [2.45, 2.75) is 25.6 Å². The molecule has 2 saturated heterocycles. The van der Waals surface area contributed by atoms with E-state index in [2.05, 4.69) is 25.0 Å². The maximum absolute atomic E-state index is 13.0. The highest BCUT2D eigenvalue weighted by Gasteiger charge is 2.39. The van der Waals surface area contributed by atoms with Gasteiger partial charge in [-0.1, -0.05) is 0 Å². The summed E-state index contributed by atoms with van der Waals surface area (Å²) in [5.41, 5.74) is 0.390. The summed E-state index contributed by atoms with van der Waals surface area (Å²) in [6.07, 6.45) is -1.96. The number of hydrogen-bond acceptors (Lipinski definition) is 6. The lowest BCUT2D eigenvalue weighted by Crippen LogP contribution is -2.40. The van der Waals surface area contributed by atoms with Crippen LogP contribution in [0.1, 0.15) is 12.1 Å². The molecule has 0 aliphatic carbocycles. The van der Waals surface area contributed by atoms with Crippen molar-refractivity contribution >= 4 is 22.7 Å². The molecule has 0 N–H and O–H groups in total. The molecule has 3 aromatic rings. The van der Waals surface area contributed by atoms with Crippen molar-refractivity contribution in [2.24, 2.45) is 11.8 Å². The first-order valence-corrected chi connectivity index (χ1v) is 10.3. The largest absolute Gasteiger partial charge is 0.433 e. The second-order valence-electron chi connectivity index (χ2n) is 8.21. The molecule has 0 saturated carbocycles. The first-order valence-electron chi connectivity index (χ1n) is 10.3. The van der Waals surface area contributed by atoms with Crippen molar-refractivity contribution in [1.82, 2.24) is 24.7 Å². The van der Waals surface area contributed by atoms with Gasteiger partial charge in [0, 0.05) is 38.1 Å². The summed E-state index contributed by atoms with van der Waals surface area (Å²) in [7, 11) is 0. The molecule has 0 bridgehead atoms. The van der Waals surface area contributed by atoms with Gasteiger partial charge in [0.05, 0.1) is 12.4 Å². The Morgan fingerprint density at radius 2 is 1.81 bits per heavy atom. The Morgan fingerprint density at radius 1 is 1.03 bits per heavy atom. The molecule has 2 aliphatic heterocycles. The fraction of sp³-hybridized carbons (Fsp3) is 0.500. The second kappa shape index (κ2) is 7.82. The molecule has 5 heterocycles. The number of rotatable bonds is 4. The van der Waals surface area contributed by atoms with Gasteiger partial charge in [-0.3, -0.25) is 4.98 Å². The number of pyridine rings is 1. The van der Waals surface area contributed by atoms with Crippen molar-refractivity contribution in [3.63, 3.8) is 0 Å². The van der Waals surface area contributed by atoms with Gasteiger partial charge in [-0.2, -0.15) is 18.3 Å². The van der Waals surface area contributed by atoms with E-state index >= 15 is 0 Å². The van der Waals surface area contributed by atoms with Crippen LogP contribution >= 0.6 is 0 Å². The number of halogens is 5. The van der Waals surface area contributed by atoms with E-state index in [-0.39, 0.29) is 5.92 Å². The van der Waals surface area contributed by atoms with Gasteiger partial charge in [0.1, 0.15) is 23.6 Å². The lowest BCUT2D eigenvalue weighted by atomic mass is 9.88. The molecule has 2 fully saturated rings. The third kappa shape index (κ3) is 3.93. The van der Waals surface area contributed by atoms with Gasteiger partial charge in [-0.15, -0.1) is 0 Å². The van der Waals surface area contributed by atoms with Gasteiger partial charge in [0.15, 0.2) is 5.65 Å². The molecule has 7 nitrogen and oxygen atoms in total. The van der Waals surface area contributed by atoms with E-state index in [1.54, 1.807) is 12.3 Å². The van der Waals surface area contributed by atoms with Gasteiger partial charge in [-0.05, 0) is 30.4 Å². The lowest BCUT2D eigenvalue weighted by molar-refractivity contribution is -0.141. The van der Waals surface area contributed by atoms with Crippen molar-refractivity contribution in [2.75, 3.05) is 36.0 Å². The molecule has 0 radical (unpaired) electrons. The van der Waals surface area contributed by atoms with E-state index in [0.29, 0.717) is 48.2 Å². The molecular weight excluding hydrogens is 433 g/mol. The Bertz CT molecular complexity index is 1120. The number of anilines is 2. The summed E-state index contributed by atoms with van der Waals surface area (Å²) >= 11 is 0. The van der Waals surface area contributed by atoms with Crippen LogP contribution in [0, 0.1) is 11.8 Å². The van der Waals surface area contributed by atoms with Gasteiger partial charge in [-0.25, -0.2) is 23.4 Å². The van der Waals surface area contributed by atoms with Crippen molar-refractivity contribution in [1.29, 1.82) is 0 Å². The van der Waals surface area contributed by atoms with Crippen LogP contribution in [0.5, 0.6) is 0 Å². The minimum Gasteiger partial charge on any atom is -0.371 e. The van der Waals surface area contributed by atoms with E-state index in [9.17, 15) is 22.0 Å². The number of alkyl halides is 5. The average Bonchev–Trinajstić information content (AvgIpc) is 3.36. The molecule has 2 atom stereocenters. The van der Waals surface area contributed by atoms with E-state index in [0.717, 1.165) is 23.7 Å². The van der Waals surface area contributed by atoms with Crippen LogP contribution in [0.2, 0.25) is 0 Å². The fourth-order valence-electron chi connectivity index (χ4n) is 4.62. The zero-order valence-corrected chi connectivity index (χ0v) is 16.9. The summed E-state index contributed by atoms with van der Waals surface area (Å²) in [5.74, 6) is 1.21. The van der Waals surface area contributed by atoms with E-state index < -0.39 is 24.8 Å². The summed E-state index contributed by atoms with van der Waals surface area (Å²) < 4.78 is 65.8. The van der Waals surface area contributed by atoms with Crippen molar-refractivity contribution in [3.05, 3.63) is 36.4 Å². The summed E-state index contributed by atoms with van der Waals surface area (Å²) in [4.78, 5) is 16.3. The highest BCUT2D eigenvalue weighted by atomic mass is 19.4. The van der Waals surface area contributed by atoms with Crippen LogP contribution in [0.3, 0.4) is 0 Å². The van der Waals surface area contributed by atoms with Crippen LogP contribution in [-0.4, -0.2) is 57.3 Å². The van der Waals surface area contributed by atoms with Gasteiger partial charge >= 0.3 is 6.18 Å². The van der Waals surface area contributed by atoms with E-state index in [1.807, 2.05) is 4.90 Å². The number of aromatic nitrogens is 5. The van der Waals surface area contributed by atoms with Crippen LogP contribution in [-0.2, 0) is 12.7 Å².